The van der Waals surface area contributed by atoms with Gasteiger partial charge in [0.25, 0.3) is 0 Å². The van der Waals surface area contributed by atoms with E-state index in [-0.39, 0.29) is 0 Å². The molecule has 2 rings (SSSR count). The summed E-state index contributed by atoms with van der Waals surface area (Å²) in [5.41, 5.74) is 0.814. The highest BCUT2D eigenvalue weighted by atomic mass is 127. The van der Waals surface area contributed by atoms with E-state index < -0.39 is 11.4 Å². The van der Waals surface area contributed by atoms with Gasteiger partial charge in [-0.1, -0.05) is 0 Å². The molecular formula is C9H6INO3. The summed E-state index contributed by atoms with van der Waals surface area (Å²) in [6.45, 7) is 1.83. The monoisotopic (exact) mass is 303 g/mol. The van der Waals surface area contributed by atoms with Crippen molar-refractivity contribution in [3.8, 4) is 0 Å². The van der Waals surface area contributed by atoms with Gasteiger partial charge < -0.3 is 4.42 Å². The Balaban J connectivity index is 3.10. The molecule has 1 aromatic heterocycles. The zero-order chi connectivity index (χ0) is 10.3. The van der Waals surface area contributed by atoms with Crippen LogP contribution in [0.15, 0.2) is 26.1 Å². The summed E-state index contributed by atoms with van der Waals surface area (Å²) in [6.07, 6.45) is 0. The molecule has 0 aliphatic rings. The third-order valence-corrected chi connectivity index (χ3v) is 2.56. The molecular weight excluding hydrogens is 297 g/mol. The fourth-order valence-electron chi connectivity index (χ4n) is 1.34. The van der Waals surface area contributed by atoms with Crippen molar-refractivity contribution in [2.75, 3.05) is 0 Å². The SMILES string of the molecule is Cc1cc(I)cc2c(=O)oc(=O)[nH]c12. The molecule has 0 bridgehead atoms. The summed E-state index contributed by atoms with van der Waals surface area (Å²) in [5.74, 6) is -0.716. The van der Waals surface area contributed by atoms with Gasteiger partial charge in [0.1, 0.15) is 0 Å². The molecule has 5 heteroatoms. The van der Waals surface area contributed by atoms with Crippen LogP contribution < -0.4 is 11.4 Å². The maximum Gasteiger partial charge on any atom is 0.419 e. The third kappa shape index (κ3) is 1.47. The van der Waals surface area contributed by atoms with Crippen LogP contribution in [0.25, 0.3) is 10.9 Å². The van der Waals surface area contributed by atoms with E-state index in [2.05, 4.69) is 32.0 Å². The summed E-state index contributed by atoms with van der Waals surface area (Å²) < 4.78 is 5.37. The molecule has 0 fully saturated rings. The Morgan fingerprint density at radius 1 is 1.36 bits per heavy atom. The number of aromatic amines is 1. The van der Waals surface area contributed by atoms with Crippen LogP contribution in [0.4, 0.5) is 0 Å². The van der Waals surface area contributed by atoms with Crippen LogP contribution in [0.2, 0.25) is 0 Å². The van der Waals surface area contributed by atoms with E-state index in [1.807, 2.05) is 13.0 Å². The molecule has 1 N–H and O–H groups in total. The molecule has 0 spiro atoms. The molecule has 0 unspecified atom stereocenters. The number of H-pyrrole nitrogens is 1. The molecule has 4 nitrogen and oxygen atoms in total. The zero-order valence-corrected chi connectivity index (χ0v) is 9.41. The van der Waals surface area contributed by atoms with Crippen LogP contribution in [0.1, 0.15) is 5.56 Å². The van der Waals surface area contributed by atoms with Gasteiger partial charge in [0.05, 0.1) is 10.9 Å². The van der Waals surface area contributed by atoms with Gasteiger partial charge in [0, 0.05) is 3.57 Å². The van der Waals surface area contributed by atoms with Gasteiger partial charge in [0.15, 0.2) is 0 Å². The lowest BCUT2D eigenvalue weighted by Gasteiger charge is -2.00. The van der Waals surface area contributed by atoms with E-state index >= 15 is 0 Å². The van der Waals surface area contributed by atoms with Crippen molar-refractivity contribution < 1.29 is 4.42 Å². The van der Waals surface area contributed by atoms with Crippen LogP contribution in [0.3, 0.4) is 0 Å². The fourth-order valence-corrected chi connectivity index (χ4v) is 2.12. The minimum atomic E-state index is -0.716. The second kappa shape index (κ2) is 3.23. The summed E-state index contributed by atoms with van der Waals surface area (Å²) >= 11 is 2.11. The Morgan fingerprint density at radius 3 is 2.79 bits per heavy atom. The topological polar surface area (TPSA) is 63.1 Å². The number of nitrogens with one attached hydrogen (secondary N) is 1. The van der Waals surface area contributed by atoms with Crippen molar-refractivity contribution in [1.29, 1.82) is 0 Å². The molecule has 0 atom stereocenters. The van der Waals surface area contributed by atoms with E-state index in [4.69, 9.17) is 0 Å². The van der Waals surface area contributed by atoms with E-state index in [0.29, 0.717) is 10.9 Å². The van der Waals surface area contributed by atoms with Gasteiger partial charge in [-0.15, -0.1) is 0 Å². The number of hydrogen-bond donors (Lipinski definition) is 1. The lowest BCUT2D eigenvalue weighted by molar-refractivity contribution is 0.460. The van der Waals surface area contributed by atoms with E-state index in [9.17, 15) is 9.59 Å². The molecule has 0 amide bonds. The Labute approximate surface area is 92.1 Å². The lowest BCUT2D eigenvalue weighted by atomic mass is 10.2. The highest BCUT2D eigenvalue weighted by Crippen LogP contribution is 2.15. The Morgan fingerprint density at radius 2 is 2.07 bits per heavy atom. The Kier molecular flexibility index (Phi) is 2.18. The number of aromatic nitrogens is 1. The third-order valence-electron chi connectivity index (χ3n) is 1.93. The molecule has 72 valence electrons. The quantitative estimate of drug-likeness (QED) is 0.748. The first-order valence-electron chi connectivity index (χ1n) is 3.91. The Bertz CT molecular complexity index is 611. The molecule has 0 saturated heterocycles. The number of aryl methyl sites for hydroxylation is 1. The minimum Gasteiger partial charge on any atom is -0.372 e. The van der Waals surface area contributed by atoms with Crippen molar-refractivity contribution in [3.63, 3.8) is 0 Å². The molecule has 1 heterocycles. The second-order valence-electron chi connectivity index (χ2n) is 2.95. The van der Waals surface area contributed by atoms with Crippen LogP contribution >= 0.6 is 22.6 Å². The number of hydrogen-bond acceptors (Lipinski definition) is 3. The van der Waals surface area contributed by atoms with E-state index in [1.165, 1.54) is 0 Å². The molecule has 0 aliphatic heterocycles. The maximum absolute atomic E-state index is 11.3. The molecule has 14 heavy (non-hydrogen) atoms. The van der Waals surface area contributed by atoms with Gasteiger partial charge in [0.2, 0.25) is 0 Å². The number of rotatable bonds is 0. The van der Waals surface area contributed by atoms with E-state index in [1.54, 1.807) is 6.07 Å². The highest BCUT2D eigenvalue weighted by molar-refractivity contribution is 14.1. The number of fused-ring (bicyclic) bond motifs is 1. The van der Waals surface area contributed by atoms with Gasteiger partial charge >= 0.3 is 11.4 Å². The largest absolute Gasteiger partial charge is 0.419 e. The summed E-state index contributed by atoms with van der Waals surface area (Å²) in [6, 6.07) is 3.57. The Hall–Kier alpha value is -1.11. The zero-order valence-electron chi connectivity index (χ0n) is 7.26. The van der Waals surface area contributed by atoms with Crippen molar-refractivity contribution >= 4 is 33.5 Å². The second-order valence-corrected chi connectivity index (χ2v) is 4.19. The molecule has 0 radical (unpaired) electrons. The predicted molar refractivity (Wildman–Crippen MR) is 60.6 cm³/mol. The van der Waals surface area contributed by atoms with Crippen LogP contribution in [-0.4, -0.2) is 4.98 Å². The van der Waals surface area contributed by atoms with Crippen molar-refractivity contribution in [2.24, 2.45) is 0 Å². The van der Waals surface area contributed by atoms with Crippen molar-refractivity contribution in [1.82, 2.24) is 4.98 Å². The first-order chi connectivity index (χ1) is 6.58. The van der Waals surface area contributed by atoms with E-state index in [0.717, 1.165) is 9.13 Å². The van der Waals surface area contributed by atoms with Crippen LogP contribution in [-0.2, 0) is 0 Å². The van der Waals surface area contributed by atoms with Crippen molar-refractivity contribution in [3.05, 3.63) is 42.2 Å². The highest BCUT2D eigenvalue weighted by Gasteiger charge is 2.05. The lowest BCUT2D eigenvalue weighted by Crippen LogP contribution is -2.15. The normalized spacial score (nSPS) is 10.7. The standard InChI is InChI=1S/C9H6INO3/c1-4-2-5(10)3-6-7(4)11-9(13)14-8(6)12/h2-3H,1H3,(H,11,13). The molecule has 2 aromatic rings. The van der Waals surface area contributed by atoms with Gasteiger partial charge in [-0.2, -0.15) is 0 Å². The van der Waals surface area contributed by atoms with Gasteiger partial charge in [-0.25, -0.2) is 9.59 Å². The average molecular weight is 303 g/mol. The van der Waals surface area contributed by atoms with Crippen LogP contribution in [0.5, 0.6) is 0 Å². The molecule has 0 saturated carbocycles. The summed E-state index contributed by atoms with van der Waals surface area (Å²) in [4.78, 5) is 24.7. The number of halogens is 1. The number of benzene rings is 1. The van der Waals surface area contributed by atoms with Crippen molar-refractivity contribution in [2.45, 2.75) is 6.92 Å². The predicted octanol–water partition coefficient (Wildman–Crippen LogP) is 1.39. The molecule has 0 aliphatic carbocycles. The summed E-state index contributed by atoms with van der Waals surface area (Å²) in [5, 5.41) is 0.411. The van der Waals surface area contributed by atoms with Gasteiger partial charge in [-0.3, -0.25) is 4.98 Å². The fraction of sp³-hybridized carbons (Fsp3) is 0.111. The average Bonchev–Trinajstić information content (AvgIpc) is 2.07. The maximum atomic E-state index is 11.3. The first kappa shape index (κ1) is 9.45. The van der Waals surface area contributed by atoms with Crippen LogP contribution in [0, 0.1) is 10.5 Å². The molecule has 1 aromatic carbocycles. The summed E-state index contributed by atoms with van der Waals surface area (Å²) in [7, 11) is 0. The smallest absolute Gasteiger partial charge is 0.372 e. The first-order valence-corrected chi connectivity index (χ1v) is 4.99. The van der Waals surface area contributed by atoms with Gasteiger partial charge in [-0.05, 0) is 47.2 Å². The minimum absolute atomic E-state index is 0.411.